The van der Waals surface area contributed by atoms with E-state index in [0.717, 1.165) is 43.9 Å². The maximum atomic E-state index is 12.2. The molecule has 1 saturated carbocycles. The van der Waals surface area contributed by atoms with Crippen LogP contribution in [0.1, 0.15) is 46.5 Å². The Kier molecular flexibility index (Phi) is 12.4. The predicted octanol–water partition coefficient (Wildman–Crippen LogP) is 4.36. The standard InChI is InChI=1S/C20H32ClN3O2S.HI/c1-4-22-20(24-16-9-8-10-17(13-16)27(25)5-2)23-14-15(3)26-19-12-7-6-11-18(19)21;/h6-7,11-12,15-17H,4-5,8-10,13-14H2,1-3H3,(H2,22,23,24);1H. The minimum atomic E-state index is -0.721. The average molecular weight is 542 g/mol. The molecule has 0 bridgehead atoms. The van der Waals surface area contributed by atoms with Crippen LogP contribution in [0.3, 0.4) is 0 Å². The first-order chi connectivity index (χ1) is 13.0. The van der Waals surface area contributed by atoms with E-state index in [1.54, 1.807) is 0 Å². The van der Waals surface area contributed by atoms with Crippen molar-refractivity contribution < 1.29 is 8.95 Å². The first-order valence-electron chi connectivity index (χ1n) is 9.86. The number of nitrogens with one attached hydrogen (secondary N) is 2. The van der Waals surface area contributed by atoms with Gasteiger partial charge in [0.05, 0.1) is 11.6 Å². The van der Waals surface area contributed by atoms with Crippen molar-refractivity contribution in [2.45, 2.75) is 63.9 Å². The molecular formula is C20H33ClIN3O2S. The summed E-state index contributed by atoms with van der Waals surface area (Å²) in [6.07, 6.45) is 4.12. The molecule has 1 aromatic carbocycles. The molecule has 0 aliphatic heterocycles. The van der Waals surface area contributed by atoms with Gasteiger partial charge in [-0.05, 0) is 45.2 Å². The van der Waals surface area contributed by atoms with Crippen LogP contribution in [0.4, 0.5) is 0 Å². The molecule has 1 aliphatic rings. The van der Waals surface area contributed by atoms with Gasteiger partial charge in [-0.15, -0.1) is 24.0 Å². The number of guanidine groups is 1. The fourth-order valence-electron chi connectivity index (χ4n) is 3.28. The number of rotatable bonds is 8. The molecule has 0 aromatic heterocycles. The lowest BCUT2D eigenvalue weighted by Gasteiger charge is -2.30. The van der Waals surface area contributed by atoms with E-state index < -0.39 is 10.8 Å². The van der Waals surface area contributed by atoms with Gasteiger partial charge in [0.25, 0.3) is 0 Å². The van der Waals surface area contributed by atoms with Crippen LogP contribution in [0.2, 0.25) is 5.02 Å². The molecule has 1 fully saturated rings. The first-order valence-corrected chi connectivity index (χ1v) is 11.6. The van der Waals surface area contributed by atoms with Gasteiger partial charge in [0, 0.05) is 34.4 Å². The van der Waals surface area contributed by atoms with Crippen LogP contribution >= 0.6 is 35.6 Å². The van der Waals surface area contributed by atoms with E-state index in [1.807, 2.05) is 38.1 Å². The van der Waals surface area contributed by atoms with E-state index >= 15 is 0 Å². The number of benzene rings is 1. The summed E-state index contributed by atoms with van der Waals surface area (Å²) >= 11 is 6.15. The van der Waals surface area contributed by atoms with Crippen LogP contribution in [0.5, 0.6) is 5.75 Å². The SMILES string of the molecule is CCNC(=NCC(C)Oc1ccccc1Cl)NC1CCCC(S(=O)CC)C1.I. The Labute approximate surface area is 193 Å². The van der Waals surface area contributed by atoms with E-state index in [2.05, 4.69) is 22.5 Å². The highest BCUT2D eigenvalue weighted by Gasteiger charge is 2.26. The number of nitrogens with zero attached hydrogens (tertiary/aromatic N) is 1. The van der Waals surface area contributed by atoms with Gasteiger partial charge in [-0.2, -0.15) is 0 Å². The van der Waals surface area contributed by atoms with Crippen LogP contribution < -0.4 is 15.4 Å². The Balaban J connectivity index is 0.00000392. The number of halogens is 2. The van der Waals surface area contributed by atoms with Crippen LogP contribution in [0.15, 0.2) is 29.3 Å². The Morgan fingerprint density at radius 2 is 2.11 bits per heavy atom. The summed E-state index contributed by atoms with van der Waals surface area (Å²) in [5.74, 6) is 2.21. The van der Waals surface area contributed by atoms with E-state index in [1.165, 1.54) is 0 Å². The minimum absolute atomic E-state index is 0. The quantitative estimate of drug-likeness (QED) is 0.292. The zero-order chi connectivity index (χ0) is 19.6. The van der Waals surface area contributed by atoms with Gasteiger partial charge in [0.15, 0.2) is 5.96 Å². The van der Waals surface area contributed by atoms with Crippen LogP contribution in [-0.2, 0) is 10.8 Å². The molecule has 2 rings (SSSR count). The molecule has 8 heteroatoms. The van der Waals surface area contributed by atoms with Crippen molar-refractivity contribution in [1.82, 2.24) is 10.6 Å². The van der Waals surface area contributed by atoms with Crippen LogP contribution in [-0.4, -0.2) is 46.4 Å². The zero-order valence-electron chi connectivity index (χ0n) is 16.9. The van der Waals surface area contributed by atoms with E-state index in [0.29, 0.717) is 28.6 Å². The Morgan fingerprint density at radius 3 is 2.79 bits per heavy atom. The summed E-state index contributed by atoms with van der Waals surface area (Å²) in [6.45, 7) is 7.35. The van der Waals surface area contributed by atoms with Gasteiger partial charge in [0.1, 0.15) is 11.9 Å². The van der Waals surface area contributed by atoms with Crippen molar-refractivity contribution in [2.24, 2.45) is 4.99 Å². The highest BCUT2D eigenvalue weighted by Crippen LogP contribution is 2.24. The lowest BCUT2D eigenvalue weighted by molar-refractivity contribution is 0.230. The smallest absolute Gasteiger partial charge is 0.191 e. The highest BCUT2D eigenvalue weighted by atomic mass is 127. The van der Waals surface area contributed by atoms with Gasteiger partial charge in [0.2, 0.25) is 0 Å². The molecule has 160 valence electrons. The Hall–Kier alpha value is -0.540. The van der Waals surface area contributed by atoms with Crippen LogP contribution in [0.25, 0.3) is 0 Å². The predicted molar refractivity (Wildman–Crippen MR) is 131 cm³/mol. The number of para-hydroxylation sites is 1. The second-order valence-electron chi connectivity index (χ2n) is 6.88. The van der Waals surface area contributed by atoms with E-state index in [9.17, 15) is 4.21 Å². The summed E-state index contributed by atoms with van der Waals surface area (Å²) in [5.41, 5.74) is 0. The summed E-state index contributed by atoms with van der Waals surface area (Å²) in [6, 6.07) is 7.79. The molecule has 2 N–H and O–H groups in total. The molecule has 1 aliphatic carbocycles. The maximum Gasteiger partial charge on any atom is 0.191 e. The van der Waals surface area contributed by atoms with Gasteiger partial charge in [-0.3, -0.25) is 4.21 Å². The molecule has 5 nitrogen and oxygen atoms in total. The van der Waals surface area contributed by atoms with Crippen molar-refractivity contribution in [1.29, 1.82) is 0 Å². The molecule has 1 aromatic rings. The maximum absolute atomic E-state index is 12.2. The number of hydrogen-bond donors (Lipinski definition) is 2. The fourth-order valence-corrected chi connectivity index (χ4v) is 4.81. The molecule has 0 amide bonds. The summed E-state index contributed by atoms with van der Waals surface area (Å²) in [4.78, 5) is 4.67. The fraction of sp³-hybridized carbons (Fsp3) is 0.650. The number of hydrogen-bond acceptors (Lipinski definition) is 3. The summed E-state index contributed by atoms with van der Waals surface area (Å²) in [7, 11) is -0.721. The molecule has 4 unspecified atom stereocenters. The van der Waals surface area contributed by atoms with Gasteiger partial charge in [-0.1, -0.05) is 37.1 Å². The van der Waals surface area contributed by atoms with Gasteiger partial charge >= 0.3 is 0 Å². The second kappa shape index (κ2) is 13.6. The molecular weight excluding hydrogens is 509 g/mol. The van der Waals surface area contributed by atoms with Crippen molar-refractivity contribution in [3.8, 4) is 5.75 Å². The normalized spacial score (nSPS) is 21.9. The Bertz CT molecular complexity index is 648. The van der Waals surface area contributed by atoms with Crippen LogP contribution in [0, 0.1) is 0 Å². The third kappa shape index (κ3) is 8.45. The van der Waals surface area contributed by atoms with Crippen molar-refractivity contribution >= 4 is 52.3 Å². The third-order valence-corrected chi connectivity index (χ3v) is 6.69. The monoisotopic (exact) mass is 541 g/mol. The minimum Gasteiger partial charge on any atom is -0.487 e. The lowest BCUT2D eigenvalue weighted by Crippen LogP contribution is -2.47. The average Bonchev–Trinajstić information content (AvgIpc) is 2.67. The van der Waals surface area contributed by atoms with Gasteiger partial charge < -0.3 is 15.4 Å². The molecule has 4 atom stereocenters. The van der Waals surface area contributed by atoms with Gasteiger partial charge in [-0.25, -0.2) is 4.99 Å². The van der Waals surface area contributed by atoms with Crippen molar-refractivity contribution in [3.05, 3.63) is 29.3 Å². The summed E-state index contributed by atoms with van der Waals surface area (Å²) < 4.78 is 18.0. The first kappa shape index (κ1) is 25.5. The third-order valence-electron chi connectivity index (χ3n) is 4.64. The van der Waals surface area contributed by atoms with E-state index in [-0.39, 0.29) is 30.1 Å². The van der Waals surface area contributed by atoms with Crippen molar-refractivity contribution in [2.75, 3.05) is 18.8 Å². The molecule has 0 radical (unpaired) electrons. The highest BCUT2D eigenvalue weighted by molar-refractivity contribution is 14.0. The molecule has 0 spiro atoms. The topological polar surface area (TPSA) is 62.7 Å². The lowest BCUT2D eigenvalue weighted by atomic mass is 9.95. The zero-order valence-corrected chi connectivity index (χ0v) is 20.9. The second-order valence-corrected chi connectivity index (χ2v) is 9.29. The van der Waals surface area contributed by atoms with Crippen molar-refractivity contribution in [3.63, 3.8) is 0 Å². The number of aliphatic imine (C=N–C) groups is 1. The Morgan fingerprint density at radius 1 is 1.36 bits per heavy atom. The molecule has 28 heavy (non-hydrogen) atoms. The van der Waals surface area contributed by atoms with E-state index in [4.69, 9.17) is 16.3 Å². The largest absolute Gasteiger partial charge is 0.487 e. The number of ether oxygens (including phenoxy) is 1. The summed E-state index contributed by atoms with van der Waals surface area (Å²) in [5, 5.41) is 7.72. The molecule has 0 heterocycles. The molecule has 0 saturated heterocycles.